The smallest absolute Gasteiger partial charge is 0.187 e. The zero-order valence-electron chi connectivity index (χ0n) is 9.82. The standard InChI is InChI=1S/C11H18ClN3S/c1-3-8-4-6-9(7-5-8)15(2)11-10(12)13-16-14-11/h8-9H,3-7H2,1-2H3. The molecule has 0 bridgehead atoms. The Morgan fingerprint density at radius 1 is 1.31 bits per heavy atom. The van der Waals surface area contributed by atoms with E-state index in [4.69, 9.17) is 11.6 Å². The maximum absolute atomic E-state index is 6.00. The number of aromatic nitrogens is 2. The molecule has 0 amide bonds. The van der Waals surface area contributed by atoms with Gasteiger partial charge in [-0.25, -0.2) is 0 Å². The summed E-state index contributed by atoms with van der Waals surface area (Å²) >= 11 is 7.19. The highest BCUT2D eigenvalue weighted by molar-refractivity contribution is 6.99. The van der Waals surface area contributed by atoms with E-state index < -0.39 is 0 Å². The molecule has 0 aromatic carbocycles. The molecule has 1 aliphatic carbocycles. The van der Waals surface area contributed by atoms with Crippen LogP contribution in [-0.2, 0) is 0 Å². The van der Waals surface area contributed by atoms with Gasteiger partial charge in [0.05, 0.1) is 11.7 Å². The van der Waals surface area contributed by atoms with E-state index in [0.717, 1.165) is 11.7 Å². The van der Waals surface area contributed by atoms with Crippen molar-refractivity contribution in [2.75, 3.05) is 11.9 Å². The minimum Gasteiger partial charge on any atom is -0.353 e. The fourth-order valence-corrected chi connectivity index (χ4v) is 3.30. The summed E-state index contributed by atoms with van der Waals surface area (Å²) < 4.78 is 8.27. The first kappa shape index (κ1) is 12.1. The number of anilines is 1. The van der Waals surface area contributed by atoms with Crippen molar-refractivity contribution in [1.82, 2.24) is 8.75 Å². The maximum atomic E-state index is 6.00. The molecule has 1 aliphatic rings. The van der Waals surface area contributed by atoms with Gasteiger partial charge in [-0.2, -0.15) is 8.75 Å². The molecule has 0 radical (unpaired) electrons. The van der Waals surface area contributed by atoms with Gasteiger partial charge in [0.15, 0.2) is 11.0 Å². The maximum Gasteiger partial charge on any atom is 0.187 e. The molecule has 2 rings (SSSR count). The Morgan fingerprint density at radius 3 is 2.50 bits per heavy atom. The van der Waals surface area contributed by atoms with Gasteiger partial charge in [0.2, 0.25) is 0 Å². The first-order valence-corrected chi connectivity index (χ1v) is 7.04. The van der Waals surface area contributed by atoms with Gasteiger partial charge < -0.3 is 4.90 Å². The first-order valence-electron chi connectivity index (χ1n) is 5.93. The van der Waals surface area contributed by atoms with Gasteiger partial charge in [-0.05, 0) is 31.6 Å². The van der Waals surface area contributed by atoms with Crippen molar-refractivity contribution in [2.24, 2.45) is 5.92 Å². The summed E-state index contributed by atoms with van der Waals surface area (Å²) in [4.78, 5) is 2.21. The molecular formula is C11H18ClN3S. The fraction of sp³-hybridized carbons (Fsp3) is 0.818. The molecule has 1 saturated carbocycles. The molecule has 1 heterocycles. The topological polar surface area (TPSA) is 29.0 Å². The summed E-state index contributed by atoms with van der Waals surface area (Å²) in [5.41, 5.74) is 0. The highest BCUT2D eigenvalue weighted by atomic mass is 35.5. The first-order chi connectivity index (χ1) is 7.72. The molecule has 1 aromatic rings. The van der Waals surface area contributed by atoms with Crippen LogP contribution in [0, 0.1) is 5.92 Å². The van der Waals surface area contributed by atoms with E-state index in [9.17, 15) is 0 Å². The largest absolute Gasteiger partial charge is 0.353 e. The van der Waals surface area contributed by atoms with Gasteiger partial charge in [0.25, 0.3) is 0 Å². The second-order valence-electron chi connectivity index (χ2n) is 4.57. The minimum absolute atomic E-state index is 0.546. The van der Waals surface area contributed by atoms with Crippen LogP contribution >= 0.6 is 23.3 Å². The summed E-state index contributed by atoms with van der Waals surface area (Å²) in [6.07, 6.45) is 6.49. The third-order valence-corrected chi connectivity index (χ3v) is 4.58. The Balaban J connectivity index is 1.97. The van der Waals surface area contributed by atoms with Crippen molar-refractivity contribution in [1.29, 1.82) is 0 Å². The molecule has 16 heavy (non-hydrogen) atoms. The van der Waals surface area contributed by atoms with Crippen molar-refractivity contribution < 1.29 is 0 Å². The molecule has 5 heteroatoms. The zero-order valence-corrected chi connectivity index (χ0v) is 11.4. The number of hydrogen-bond donors (Lipinski definition) is 0. The molecule has 1 aromatic heterocycles. The zero-order chi connectivity index (χ0) is 11.5. The van der Waals surface area contributed by atoms with Crippen LogP contribution in [0.3, 0.4) is 0 Å². The van der Waals surface area contributed by atoms with Gasteiger partial charge in [-0.15, -0.1) is 0 Å². The second kappa shape index (κ2) is 5.32. The Kier molecular flexibility index (Phi) is 4.03. The third kappa shape index (κ3) is 2.48. The van der Waals surface area contributed by atoms with E-state index >= 15 is 0 Å². The van der Waals surface area contributed by atoms with Gasteiger partial charge in [0, 0.05) is 13.1 Å². The molecule has 0 N–H and O–H groups in total. The lowest BCUT2D eigenvalue weighted by Crippen LogP contribution is -2.35. The van der Waals surface area contributed by atoms with Crippen molar-refractivity contribution in [3.63, 3.8) is 0 Å². The lowest BCUT2D eigenvalue weighted by molar-refractivity contribution is 0.313. The quantitative estimate of drug-likeness (QED) is 0.831. The minimum atomic E-state index is 0.546. The number of hydrogen-bond acceptors (Lipinski definition) is 4. The van der Waals surface area contributed by atoms with Crippen LogP contribution in [0.4, 0.5) is 5.82 Å². The monoisotopic (exact) mass is 259 g/mol. The van der Waals surface area contributed by atoms with Crippen LogP contribution in [0.15, 0.2) is 0 Å². The van der Waals surface area contributed by atoms with Crippen LogP contribution in [0.5, 0.6) is 0 Å². The predicted molar refractivity (Wildman–Crippen MR) is 69.4 cm³/mol. The van der Waals surface area contributed by atoms with Gasteiger partial charge in [-0.3, -0.25) is 0 Å². The van der Waals surface area contributed by atoms with Crippen LogP contribution in [0.2, 0.25) is 5.15 Å². The lowest BCUT2D eigenvalue weighted by Gasteiger charge is -2.34. The van der Waals surface area contributed by atoms with Gasteiger partial charge in [-0.1, -0.05) is 24.9 Å². The predicted octanol–water partition coefficient (Wildman–Crippen LogP) is 3.60. The number of rotatable bonds is 3. The van der Waals surface area contributed by atoms with E-state index in [1.54, 1.807) is 0 Å². The Labute approximate surface area is 106 Å². The highest BCUT2D eigenvalue weighted by Crippen LogP contribution is 2.32. The van der Waals surface area contributed by atoms with Crippen molar-refractivity contribution in [3.8, 4) is 0 Å². The lowest BCUT2D eigenvalue weighted by atomic mass is 9.84. The summed E-state index contributed by atoms with van der Waals surface area (Å²) in [5.74, 6) is 1.78. The number of nitrogens with zero attached hydrogens (tertiary/aromatic N) is 3. The molecule has 0 spiro atoms. The van der Waals surface area contributed by atoms with Gasteiger partial charge in [0.1, 0.15) is 0 Å². The van der Waals surface area contributed by atoms with E-state index in [0.29, 0.717) is 11.2 Å². The molecule has 0 unspecified atom stereocenters. The Morgan fingerprint density at radius 2 is 2.00 bits per heavy atom. The van der Waals surface area contributed by atoms with Crippen molar-refractivity contribution >= 4 is 29.1 Å². The Bertz CT molecular complexity index is 334. The molecule has 0 atom stereocenters. The summed E-state index contributed by atoms with van der Waals surface area (Å²) in [5, 5.41) is 0.546. The van der Waals surface area contributed by atoms with Crippen LogP contribution in [0.25, 0.3) is 0 Å². The molecule has 0 aliphatic heterocycles. The van der Waals surface area contributed by atoms with Crippen molar-refractivity contribution in [2.45, 2.75) is 45.1 Å². The second-order valence-corrected chi connectivity index (χ2v) is 5.46. The van der Waals surface area contributed by atoms with Gasteiger partial charge >= 0.3 is 0 Å². The average molecular weight is 260 g/mol. The molecule has 0 saturated heterocycles. The molecule has 3 nitrogen and oxygen atoms in total. The summed E-state index contributed by atoms with van der Waals surface area (Å²) in [6, 6.07) is 0.587. The normalized spacial score (nSPS) is 25.7. The average Bonchev–Trinajstić information content (AvgIpc) is 2.75. The number of halogens is 1. The Hall–Kier alpha value is -0.350. The van der Waals surface area contributed by atoms with E-state index in [1.807, 2.05) is 0 Å². The summed E-state index contributed by atoms with van der Waals surface area (Å²) in [7, 11) is 2.08. The SMILES string of the molecule is CCC1CCC(N(C)c2nsnc2Cl)CC1. The van der Waals surface area contributed by atoms with Crippen molar-refractivity contribution in [3.05, 3.63) is 5.15 Å². The summed E-state index contributed by atoms with van der Waals surface area (Å²) in [6.45, 7) is 2.29. The highest BCUT2D eigenvalue weighted by Gasteiger charge is 2.25. The van der Waals surface area contributed by atoms with E-state index in [1.165, 1.54) is 43.8 Å². The van der Waals surface area contributed by atoms with E-state index in [2.05, 4.69) is 27.6 Å². The molecular weight excluding hydrogens is 242 g/mol. The van der Waals surface area contributed by atoms with Crippen LogP contribution in [-0.4, -0.2) is 21.8 Å². The molecule has 90 valence electrons. The van der Waals surface area contributed by atoms with Crippen LogP contribution < -0.4 is 4.90 Å². The fourth-order valence-electron chi connectivity index (χ4n) is 2.50. The van der Waals surface area contributed by atoms with Crippen LogP contribution in [0.1, 0.15) is 39.0 Å². The third-order valence-electron chi connectivity index (χ3n) is 3.71. The van der Waals surface area contributed by atoms with E-state index in [-0.39, 0.29) is 0 Å². The molecule has 1 fully saturated rings.